The quantitative estimate of drug-likeness (QED) is 0.442. The average Bonchev–Trinajstić information content (AvgIpc) is 2.77. The summed E-state index contributed by atoms with van der Waals surface area (Å²) in [7, 11) is 0. The van der Waals surface area contributed by atoms with Crippen molar-refractivity contribution in [3.05, 3.63) is 80.7 Å². The molecule has 2 aromatic rings. The van der Waals surface area contributed by atoms with Crippen LogP contribution in [0, 0.1) is 16.7 Å². The third-order valence-corrected chi connectivity index (χ3v) is 6.31. The van der Waals surface area contributed by atoms with Gasteiger partial charge < -0.3 is 4.90 Å². The van der Waals surface area contributed by atoms with Crippen molar-refractivity contribution >= 4 is 11.4 Å². The molecule has 6 heteroatoms. The van der Waals surface area contributed by atoms with Gasteiger partial charge in [0, 0.05) is 50.9 Å². The molecule has 0 saturated carbocycles. The van der Waals surface area contributed by atoms with Gasteiger partial charge >= 0.3 is 0 Å². The molecule has 4 rings (SSSR count). The molecule has 0 aromatic heterocycles. The van der Waals surface area contributed by atoms with Crippen LogP contribution in [0.4, 0.5) is 11.4 Å². The van der Waals surface area contributed by atoms with Crippen LogP contribution in [0.3, 0.4) is 0 Å². The highest BCUT2D eigenvalue weighted by molar-refractivity contribution is 5.50. The van der Waals surface area contributed by atoms with E-state index in [9.17, 15) is 10.1 Å². The molecule has 0 N–H and O–H groups in total. The first-order valence-electron chi connectivity index (χ1n) is 10.3. The molecule has 1 fully saturated rings. The topological polar surface area (TPSA) is 54.0 Å². The normalized spacial score (nSPS) is 20.0. The minimum atomic E-state index is -0.351. The van der Waals surface area contributed by atoms with Gasteiger partial charge in [-0.2, -0.15) is 0 Å². The fraction of sp³-hybridized carbons (Fsp3) is 0.435. The Labute approximate surface area is 171 Å². The van der Waals surface area contributed by atoms with E-state index in [4.69, 9.17) is 6.57 Å². The SMILES string of the molecule is [C-]#[N+]c1ccc2c(c1)CC[C@H](N1CCN(CCc3ccc([N+](=O)[O-])cc3)CC1)C2. The second-order valence-electron chi connectivity index (χ2n) is 8.01. The van der Waals surface area contributed by atoms with Crippen LogP contribution in [-0.4, -0.2) is 53.5 Å². The molecular weight excluding hydrogens is 364 g/mol. The zero-order valence-electron chi connectivity index (χ0n) is 16.6. The van der Waals surface area contributed by atoms with Crippen LogP contribution >= 0.6 is 0 Å². The molecule has 1 heterocycles. The smallest absolute Gasteiger partial charge is 0.269 e. The van der Waals surface area contributed by atoms with E-state index in [-0.39, 0.29) is 10.6 Å². The number of nitro benzene ring substituents is 1. The molecule has 29 heavy (non-hydrogen) atoms. The lowest BCUT2D eigenvalue weighted by Gasteiger charge is -2.41. The molecule has 2 aromatic carbocycles. The number of hydrogen-bond acceptors (Lipinski definition) is 4. The highest BCUT2D eigenvalue weighted by atomic mass is 16.6. The zero-order chi connectivity index (χ0) is 20.2. The highest BCUT2D eigenvalue weighted by Crippen LogP contribution is 2.28. The summed E-state index contributed by atoms with van der Waals surface area (Å²) >= 11 is 0. The van der Waals surface area contributed by atoms with Gasteiger partial charge in [-0.1, -0.05) is 35.9 Å². The largest absolute Gasteiger partial charge is 0.300 e. The average molecular weight is 390 g/mol. The van der Waals surface area contributed by atoms with Gasteiger partial charge in [-0.3, -0.25) is 15.0 Å². The Bertz CT molecular complexity index is 911. The standard InChI is InChI=1S/C23H26N4O2/c1-24-21-6-4-20-17-23(9-5-19(20)16-21)26-14-12-25(13-15-26)11-10-18-2-7-22(8-3-18)27(28)29/h2-4,6-8,16,23H,5,9-15,17H2/t23-/m0/s1. The van der Waals surface area contributed by atoms with Gasteiger partial charge in [0.15, 0.2) is 5.69 Å². The Hall–Kier alpha value is -2.75. The summed E-state index contributed by atoms with van der Waals surface area (Å²) in [6.07, 6.45) is 4.27. The maximum Gasteiger partial charge on any atom is 0.269 e. The van der Waals surface area contributed by atoms with Crippen LogP contribution in [0.2, 0.25) is 0 Å². The number of benzene rings is 2. The number of fused-ring (bicyclic) bond motifs is 1. The maximum atomic E-state index is 10.8. The Morgan fingerprint density at radius 2 is 1.83 bits per heavy atom. The van der Waals surface area contributed by atoms with Crippen LogP contribution in [0.1, 0.15) is 23.1 Å². The minimum absolute atomic E-state index is 0.154. The first kappa shape index (κ1) is 19.6. The molecule has 2 aliphatic rings. The van der Waals surface area contributed by atoms with Crippen LogP contribution < -0.4 is 0 Å². The van der Waals surface area contributed by atoms with E-state index >= 15 is 0 Å². The summed E-state index contributed by atoms with van der Waals surface area (Å²) in [6, 6.07) is 13.7. The predicted molar refractivity (Wildman–Crippen MR) is 113 cm³/mol. The van der Waals surface area contributed by atoms with Crippen molar-refractivity contribution in [3.8, 4) is 0 Å². The van der Waals surface area contributed by atoms with Gasteiger partial charge in [0.1, 0.15) is 0 Å². The van der Waals surface area contributed by atoms with Crippen LogP contribution in [0.5, 0.6) is 0 Å². The lowest BCUT2D eigenvalue weighted by molar-refractivity contribution is -0.384. The Morgan fingerprint density at radius 3 is 2.52 bits per heavy atom. The molecule has 6 nitrogen and oxygen atoms in total. The van der Waals surface area contributed by atoms with Crippen LogP contribution in [0.15, 0.2) is 42.5 Å². The second kappa shape index (κ2) is 8.73. The highest BCUT2D eigenvalue weighted by Gasteiger charge is 2.27. The minimum Gasteiger partial charge on any atom is -0.300 e. The monoisotopic (exact) mass is 390 g/mol. The van der Waals surface area contributed by atoms with Crippen molar-refractivity contribution in [2.24, 2.45) is 0 Å². The van der Waals surface area contributed by atoms with Gasteiger partial charge in [0.25, 0.3) is 5.69 Å². The number of nitro groups is 1. The van der Waals surface area contributed by atoms with E-state index in [0.717, 1.165) is 63.2 Å². The van der Waals surface area contributed by atoms with Crippen molar-refractivity contribution in [1.82, 2.24) is 9.80 Å². The molecule has 0 bridgehead atoms. The number of hydrogen-bond donors (Lipinski definition) is 0. The first-order valence-corrected chi connectivity index (χ1v) is 10.3. The lowest BCUT2D eigenvalue weighted by atomic mass is 9.87. The molecule has 0 spiro atoms. The van der Waals surface area contributed by atoms with E-state index in [1.54, 1.807) is 12.1 Å². The number of non-ortho nitro benzene ring substituents is 1. The van der Waals surface area contributed by atoms with Gasteiger partial charge in [-0.15, -0.1) is 0 Å². The zero-order valence-corrected chi connectivity index (χ0v) is 16.6. The van der Waals surface area contributed by atoms with Crippen molar-refractivity contribution in [2.45, 2.75) is 31.7 Å². The van der Waals surface area contributed by atoms with Crippen LogP contribution in [-0.2, 0) is 19.3 Å². The fourth-order valence-electron chi connectivity index (χ4n) is 4.53. The van der Waals surface area contributed by atoms with E-state index in [2.05, 4.69) is 26.8 Å². The molecule has 1 aliphatic carbocycles. The summed E-state index contributed by atoms with van der Waals surface area (Å²) in [5.74, 6) is 0. The van der Waals surface area contributed by atoms with Crippen molar-refractivity contribution < 1.29 is 4.92 Å². The Balaban J connectivity index is 1.25. The van der Waals surface area contributed by atoms with E-state index in [0.29, 0.717) is 6.04 Å². The molecule has 0 unspecified atom stereocenters. The molecule has 1 aliphatic heterocycles. The number of aryl methyl sites for hydroxylation is 1. The number of rotatable bonds is 5. The third kappa shape index (κ3) is 4.64. The first-order chi connectivity index (χ1) is 14.1. The number of nitrogens with zero attached hydrogens (tertiary/aromatic N) is 4. The van der Waals surface area contributed by atoms with Crippen molar-refractivity contribution in [1.29, 1.82) is 0 Å². The Kier molecular flexibility index (Phi) is 5.89. The summed E-state index contributed by atoms with van der Waals surface area (Å²) < 4.78 is 0. The fourth-order valence-corrected chi connectivity index (χ4v) is 4.53. The Morgan fingerprint density at radius 1 is 1.07 bits per heavy atom. The maximum absolute atomic E-state index is 10.8. The van der Waals surface area contributed by atoms with Gasteiger partial charge in [-0.25, -0.2) is 4.85 Å². The molecular formula is C23H26N4O2. The molecule has 0 amide bonds. The summed E-state index contributed by atoms with van der Waals surface area (Å²) in [5, 5.41) is 10.8. The van der Waals surface area contributed by atoms with E-state index < -0.39 is 0 Å². The van der Waals surface area contributed by atoms with Gasteiger partial charge in [0.2, 0.25) is 0 Å². The molecule has 1 saturated heterocycles. The van der Waals surface area contributed by atoms with Crippen molar-refractivity contribution in [2.75, 3.05) is 32.7 Å². The summed E-state index contributed by atoms with van der Waals surface area (Å²) in [5.41, 5.74) is 4.83. The van der Waals surface area contributed by atoms with Gasteiger partial charge in [0.05, 0.1) is 11.5 Å². The van der Waals surface area contributed by atoms with Crippen molar-refractivity contribution in [3.63, 3.8) is 0 Å². The summed E-state index contributed by atoms with van der Waals surface area (Å²) in [4.78, 5) is 19.1. The van der Waals surface area contributed by atoms with E-state index in [1.165, 1.54) is 17.5 Å². The molecule has 0 radical (unpaired) electrons. The number of piperazine rings is 1. The lowest BCUT2D eigenvalue weighted by Crippen LogP contribution is -2.51. The molecule has 150 valence electrons. The summed E-state index contributed by atoms with van der Waals surface area (Å²) in [6.45, 7) is 12.5. The van der Waals surface area contributed by atoms with Crippen LogP contribution in [0.25, 0.3) is 4.85 Å². The second-order valence-corrected chi connectivity index (χ2v) is 8.01. The third-order valence-electron chi connectivity index (χ3n) is 6.31. The van der Waals surface area contributed by atoms with Gasteiger partial charge in [-0.05, 0) is 36.8 Å². The predicted octanol–water partition coefficient (Wildman–Crippen LogP) is 3.86. The molecule has 1 atom stereocenters. The van der Waals surface area contributed by atoms with E-state index in [1.807, 2.05) is 18.2 Å².